The first-order valence-electron chi connectivity index (χ1n) is 7.55. The van der Waals surface area contributed by atoms with Crippen molar-refractivity contribution in [3.8, 4) is 22.8 Å². The highest BCUT2D eigenvalue weighted by Gasteiger charge is 2.23. The highest BCUT2D eigenvalue weighted by atomic mass is 19.1. The molecule has 1 aliphatic carbocycles. The lowest BCUT2D eigenvalue weighted by molar-refractivity contribution is 0.0951. The maximum atomic E-state index is 13.7. The van der Waals surface area contributed by atoms with Gasteiger partial charge in [-0.2, -0.15) is 4.98 Å². The quantitative estimate of drug-likeness (QED) is 0.798. The van der Waals surface area contributed by atoms with E-state index >= 15 is 0 Å². The van der Waals surface area contributed by atoms with E-state index in [-0.39, 0.29) is 17.4 Å². The lowest BCUT2D eigenvalue weighted by Crippen LogP contribution is -2.25. The van der Waals surface area contributed by atoms with Gasteiger partial charge in [-0.25, -0.2) is 4.39 Å². The number of amides is 1. The first-order chi connectivity index (χ1) is 11.7. The highest BCUT2D eigenvalue weighted by Crippen LogP contribution is 2.24. The summed E-state index contributed by atoms with van der Waals surface area (Å²) in [6.45, 7) is 0. The van der Waals surface area contributed by atoms with E-state index in [2.05, 4.69) is 20.4 Å². The first-order valence-corrected chi connectivity index (χ1v) is 7.55. The molecule has 1 aromatic carbocycles. The Bertz CT molecular complexity index is 888. The predicted octanol–water partition coefficient (Wildman–Crippen LogP) is 2.83. The second-order valence-corrected chi connectivity index (χ2v) is 5.60. The van der Waals surface area contributed by atoms with Gasteiger partial charge in [-0.1, -0.05) is 17.3 Å². The van der Waals surface area contributed by atoms with Gasteiger partial charge >= 0.3 is 0 Å². The molecular formula is C17H13FN4O2. The van der Waals surface area contributed by atoms with Gasteiger partial charge in [-0.3, -0.25) is 9.78 Å². The summed E-state index contributed by atoms with van der Waals surface area (Å²) < 4.78 is 18.8. The summed E-state index contributed by atoms with van der Waals surface area (Å²) in [5.74, 6) is -0.202. The third-order valence-electron chi connectivity index (χ3n) is 3.75. The van der Waals surface area contributed by atoms with Crippen LogP contribution in [-0.4, -0.2) is 27.1 Å². The number of nitrogens with zero attached hydrogens (tertiary/aromatic N) is 3. The molecule has 0 aliphatic heterocycles. The van der Waals surface area contributed by atoms with E-state index in [9.17, 15) is 9.18 Å². The molecule has 4 rings (SSSR count). The summed E-state index contributed by atoms with van der Waals surface area (Å²) >= 11 is 0. The minimum Gasteiger partial charge on any atom is -0.349 e. The Balaban J connectivity index is 1.56. The zero-order valence-corrected chi connectivity index (χ0v) is 12.6. The fraction of sp³-hybridized carbons (Fsp3) is 0.176. The zero-order chi connectivity index (χ0) is 16.5. The van der Waals surface area contributed by atoms with Gasteiger partial charge in [0.05, 0.1) is 11.8 Å². The fourth-order valence-corrected chi connectivity index (χ4v) is 2.27. The number of hydrogen-bond donors (Lipinski definition) is 1. The topological polar surface area (TPSA) is 80.9 Å². The number of pyridine rings is 1. The molecule has 120 valence electrons. The van der Waals surface area contributed by atoms with Crippen LogP contribution in [0.2, 0.25) is 0 Å². The van der Waals surface area contributed by atoms with Crippen molar-refractivity contribution in [2.45, 2.75) is 18.9 Å². The van der Waals surface area contributed by atoms with Crippen LogP contribution in [0.3, 0.4) is 0 Å². The minimum absolute atomic E-state index is 0.0838. The maximum absolute atomic E-state index is 13.7. The van der Waals surface area contributed by atoms with E-state index in [0.717, 1.165) is 19.0 Å². The van der Waals surface area contributed by atoms with E-state index in [4.69, 9.17) is 4.52 Å². The monoisotopic (exact) mass is 324 g/mol. The van der Waals surface area contributed by atoms with Crippen molar-refractivity contribution < 1.29 is 13.7 Å². The van der Waals surface area contributed by atoms with Crippen LogP contribution < -0.4 is 5.32 Å². The van der Waals surface area contributed by atoms with Crippen molar-refractivity contribution >= 4 is 5.91 Å². The van der Waals surface area contributed by atoms with Gasteiger partial charge in [-0.05, 0) is 31.0 Å². The number of halogens is 1. The maximum Gasteiger partial charge on any atom is 0.261 e. The van der Waals surface area contributed by atoms with E-state index in [1.54, 1.807) is 24.3 Å². The van der Waals surface area contributed by atoms with Crippen LogP contribution in [0.25, 0.3) is 22.8 Å². The number of carbonyl (C=O) groups excluding carboxylic acids is 1. The second-order valence-electron chi connectivity index (χ2n) is 5.60. The van der Waals surface area contributed by atoms with Gasteiger partial charge in [0.15, 0.2) is 5.82 Å². The standard InChI is InChI=1S/C17H13FN4O2/c18-14-9-19-8-7-13(14)17-21-15(22-24-17)10-1-3-11(4-2-10)16(23)20-12-5-6-12/h1-4,7-9,12H,5-6H2,(H,20,23). The van der Waals surface area contributed by atoms with E-state index < -0.39 is 5.82 Å². The fourth-order valence-electron chi connectivity index (χ4n) is 2.27. The van der Waals surface area contributed by atoms with Crippen LogP contribution in [0, 0.1) is 5.82 Å². The third kappa shape index (κ3) is 2.88. The Morgan fingerprint density at radius 1 is 1.21 bits per heavy atom. The van der Waals surface area contributed by atoms with Gasteiger partial charge in [0.2, 0.25) is 5.82 Å². The predicted molar refractivity (Wildman–Crippen MR) is 83.4 cm³/mol. The molecule has 1 N–H and O–H groups in total. The Labute approximate surface area is 136 Å². The van der Waals surface area contributed by atoms with Crippen molar-refractivity contribution in [3.63, 3.8) is 0 Å². The zero-order valence-electron chi connectivity index (χ0n) is 12.6. The lowest BCUT2D eigenvalue weighted by atomic mass is 10.1. The molecule has 24 heavy (non-hydrogen) atoms. The SMILES string of the molecule is O=C(NC1CC1)c1ccc(-c2noc(-c3ccncc3F)n2)cc1. The molecule has 0 bridgehead atoms. The van der Waals surface area contributed by atoms with E-state index in [1.807, 2.05) is 0 Å². The van der Waals surface area contributed by atoms with Crippen LogP contribution >= 0.6 is 0 Å². The minimum atomic E-state index is -0.528. The molecule has 0 saturated heterocycles. The summed E-state index contributed by atoms with van der Waals surface area (Å²) in [5.41, 5.74) is 1.46. The summed E-state index contributed by atoms with van der Waals surface area (Å²) in [4.78, 5) is 19.8. The number of rotatable bonds is 4. The largest absolute Gasteiger partial charge is 0.349 e. The number of hydrogen-bond acceptors (Lipinski definition) is 5. The highest BCUT2D eigenvalue weighted by molar-refractivity contribution is 5.94. The van der Waals surface area contributed by atoms with Crippen LogP contribution in [0.1, 0.15) is 23.2 Å². The average Bonchev–Trinajstić information content (AvgIpc) is 3.28. The molecule has 1 aliphatic rings. The lowest BCUT2D eigenvalue weighted by Gasteiger charge is -2.03. The van der Waals surface area contributed by atoms with E-state index in [0.29, 0.717) is 23.0 Å². The molecule has 3 aromatic rings. The molecule has 0 unspecified atom stereocenters. The Morgan fingerprint density at radius 3 is 2.71 bits per heavy atom. The number of aromatic nitrogens is 3. The van der Waals surface area contributed by atoms with Crippen LogP contribution in [0.15, 0.2) is 47.2 Å². The Kier molecular flexibility index (Phi) is 3.53. The van der Waals surface area contributed by atoms with Crippen LogP contribution in [0.4, 0.5) is 4.39 Å². The van der Waals surface area contributed by atoms with Crippen LogP contribution in [-0.2, 0) is 0 Å². The normalized spacial score (nSPS) is 13.7. The molecule has 7 heteroatoms. The molecule has 0 spiro atoms. The average molecular weight is 324 g/mol. The molecule has 1 amide bonds. The summed E-state index contributed by atoms with van der Waals surface area (Å²) in [5, 5.41) is 6.79. The number of carbonyl (C=O) groups is 1. The molecular weight excluding hydrogens is 311 g/mol. The van der Waals surface area contributed by atoms with Crippen molar-refractivity contribution in [1.82, 2.24) is 20.4 Å². The molecule has 0 atom stereocenters. The van der Waals surface area contributed by atoms with Gasteiger partial charge in [0, 0.05) is 23.4 Å². The summed E-state index contributed by atoms with van der Waals surface area (Å²) in [6, 6.07) is 8.66. The Hall–Kier alpha value is -3.09. The number of benzene rings is 1. The summed E-state index contributed by atoms with van der Waals surface area (Å²) in [6.07, 6.45) is 4.63. The Morgan fingerprint density at radius 2 is 2.00 bits per heavy atom. The van der Waals surface area contributed by atoms with E-state index in [1.165, 1.54) is 12.3 Å². The molecule has 0 radical (unpaired) electrons. The van der Waals surface area contributed by atoms with Crippen molar-refractivity contribution in [2.75, 3.05) is 0 Å². The van der Waals surface area contributed by atoms with Gasteiger partial charge in [0.1, 0.15) is 0 Å². The summed E-state index contributed by atoms with van der Waals surface area (Å²) in [7, 11) is 0. The smallest absolute Gasteiger partial charge is 0.261 e. The number of nitrogens with one attached hydrogen (secondary N) is 1. The second kappa shape index (κ2) is 5.84. The molecule has 1 fully saturated rings. The van der Waals surface area contributed by atoms with Gasteiger partial charge < -0.3 is 9.84 Å². The third-order valence-corrected chi connectivity index (χ3v) is 3.75. The van der Waals surface area contributed by atoms with Crippen molar-refractivity contribution in [3.05, 3.63) is 54.1 Å². The molecule has 2 heterocycles. The van der Waals surface area contributed by atoms with Gasteiger partial charge in [0.25, 0.3) is 11.8 Å². The molecule has 1 saturated carbocycles. The first kappa shape index (κ1) is 14.5. The molecule has 2 aromatic heterocycles. The van der Waals surface area contributed by atoms with Crippen molar-refractivity contribution in [1.29, 1.82) is 0 Å². The van der Waals surface area contributed by atoms with Gasteiger partial charge in [-0.15, -0.1) is 0 Å². The van der Waals surface area contributed by atoms with Crippen LogP contribution in [0.5, 0.6) is 0 Å². The molecule has 6 nitrogen and oxygen atoms in total. The van der Waals surface area contributed by atoms with Crippen molar-refractivity contribution in [2.24, 2.45) is 0 Å².